The molecule has 1 aromatic carbocycles. The zero-order valence-corrected chi connectivity index (χ0v) is 11.7. The number of benzene rings is 1. The predicted octanol–water partition coefficient (Wildman–Crippen LogP) is 1.51. The van der Waals surface area contributed by atoms with E-state index in [2.05, 4.69) is 5.32 Å². The molecule has 0 aliphatic carbocycles. The van der Waals surface area contributed by atoms with E-state index in [0.29, 0.717) is 12.2 Å². The van der Waals surface area contributed by atoms with Gasteiger partial charge in [0.1, 0.15) is 0 Å². The van der Waals surface area contributed by atoms with Crippen LogP contribution in [0.1, 0.15) is 22.8 Å². The molecule has 0 aromatic heterocycles. The van der Waals surface area contributed by atoms with Gasteiger partial charge in [0, 0.05) is 20.6 Å². The molecule has 1 rings (SSSR count). The van der Waals surface area contributed by atoms with Crippen LogP contribution >= 0.6 is 0 Å². The first-order valence-corrected chi connectivity index (χ1v) is 6.13. The van der Waals surface area contributed by atoms with Crippen molar-refractivity contribution in [3.63, 3.8) is 0 Å². The molecule has 0 bridgehead atoms. The number of aromatic carboxylic acids is 1. The van der Waals surface area contributed by atoms with Gasteiger partial charge in [-0.25, -0.2) is 4.79 Å². The monoisotopic (exact) mass is 264 g/mol. The number of amides is 1. The van der Waals surface area contributed by atoms with Crippen LogP contribution in [0.2, 0.25) is 0 Å². The molecule has 19 heavy (non-hydrogen) atoms. The Morgan fingerprint density at radius 1 is 1.42 bits per heavy atom. The summed E-state index contributed by atoms with van der Waals surface area (Å²) in [5.74, 6) is -1.23. The van der Waals surface area contributed by atoms with E-state index < -0.39 is 5.97 Å². The number of hydrogen-bond donors (Lipinski definition) is 2. The van der Waals surface area contributed by atoms with Gasteiger partial charge in [-0.15, -0.1) is 0 Å². The molecule has 1 amide bonds. The molecule has 2 N–H and O–H groups in total. The van der Waals surface area contributed by atoms with Crippen LogP contribution in [0.4, 0.5) is 5.69 Å². The van der Waals surface area contributed by atoms with Crippen molar-refractivity contribution in [1.82, 2.24) is 5.32 Å². The lowest BCUT2D eigenvalue weighted by Gasteiger charge is -2.24. The predicted molar refractivity (Wildman–Crippen MR) is 74.6 cm³/mol. The van der Waals surface area contributed by atoms with Gasteiger partial charge in [0.05, 0.1) is 17.2 Å². The molecule has 0 fully saturated rings. The molecule has 5 heteroatoms. The number of nitrogens with one attached hydrogen (secondary N) is 1. The second-order valence-corrected chi connectivity index (χ2v) is 4.72. The van der Waals surface area contributed by atoms with Crippen LogP contribution in [0.15, 0.2) is 18.2 Å². The molecule has 0 aliphatic heterocycles. The van der Waals surface area contributed by atoms with Gasteiger partial charge in [0.2, 0.25) is 5.91 Å². The molecule has 0 spiro atoms. The second kappa shape index (κ2) is 6.22. The van der Waals surface area contributed by atoms with Gasteiger partial charge >= 0.3 is 5.97 Å². The highest BCUT2D eigenvalue weighted by molar-refractivity contribution is 5.94. The fourth-order valence-electron chi connectivity index (χ4n) is 1.99. The Bertz CT molecular complexity index is 486. The molecular weight excluding hydrogens is 244 g/mol. The van der Waals surface area contributed by atoms with Crippen molar-refractivity contribution in [2.24, 2.45) is 5.92 Å². The Morgan fingerprint density at radius 2 is 2.05 bits per heavy atom. The van der Waals surface area contributed by atoms with Crippen molar-refractivity contribution in [1.29, 1.82) is 0 Å². The first-order chi connectivity index (χ1) is 8.86. The number of carboxylic acid groups (broad SMARTS) is 1. The molecule has 1 atom stereocenters. The maximum atomic E-state index is 11.5. The van der Waals surface area contributed by atoms with Crippen molar-refractivity contribution in [3.8, 4) is 0 Å². The van der Waals surface area contributed by atoms with Gasteiger partial charge in [0.25, 0.3) is 0 Å². The Hall–Kier alpha value is -2.04. The fraction of sp³-hybridized carbons (Fsp3) is 0.429. The number of hydrogen-bond acceptors (Lipinski definition) is 3. The standard InChI is InChI=1S/C14H20N2O3/c1-9-5-6-12(11(7-9)14(18)19)16(4)8-10(2)13(17)15-3/h5-7,10H,8H2,1-4H3,(H,15,17)(H,18,19). The molecule has 1 aromatic rings. The van der Waals surface area contributed by atoms with Crippen molar-refractivity contribution < 1.29 is 14.7 Å². The van der Waals surface area contributed by atoms with Gasteiger partial charge < -0.3 is 15.3 Å². The minimum atomic E-state index is -0.960. The molecular formula is C14H20N2O3. The summed E-state index contributed by atoms with van der Waals surface area (Å²) in [4.78, 5) is 24.5. The quantitative estimate of drug-likeness (QED) is 0.846. The summed E-state index contributed by atoms with van der Waals surface area (Å²) < 4.78 is 0. The van der Waals surface area contributed by atoms with E-state index in [1.54, 1.807) is 31.1 Å². The van der Waals surface area contributed by atoms with Crippen molar-refractivity contribution in [3.05, 3.63) is 29.3 Å². The van der Waals surface area contributed by atoms with Gasteiger partial charge in [-0.05, 0) is 19.1 Å². The highest BCUT2D eigenvalue weighted by atomic mass is 16.4. The van der Waals surface area contributed by atoms with E-state index in [9.17, 15) is 14.7 Å². The summed E-state index contributed by atoms with van der Waals surface area (Å²) in [6, 6.07) is 5.27. The number of carboxylic acids is 1. The first-order valence-electron chi connectivity index (χ1n) is 6.13. The van der Waals surface area contributed by atoms with E-state index >= 15 is 0 Å². The Balaban J connectivity index is 2.96. The van der Waals surface area contributed by atoms with E-state index in [1.165, 1.54) is 0 Å². The third-order valence-corrected chi connectivity index (χ3v) is 3.04. The first kappa shape index (κ1) is 15.0. The molecule has 0 heterocycles. The molecule has 5 nitrogen and oxygen atoms in total. The summed E-state index contributed by atoms with van der Waals surface area (Å²) in [7, 11) is 3.38. The van der Waals surface area contributed by atoms with Crippen molar-refractivity contribution >= 4 is 17.6 Å². The third-order valence-electron chi connectivity index (χ3n) is 3.04. The Labute approximate surface area is 113 Å². The number of nitrogens with zero attached hydrogens (tertiary/aromatic N) is 1. The van der Waals surface area contributed by atoms with E-state index in [4.69, 9.17) is 0 Å². The maximum absolute atomic E-state index is 11.5. The van der Waals surface area contributed by atoms with E-state index in [0.717, 1.165) is 5.56 Å². The number of aryl methyl sites for hydroxylation is 1. The number of carbonyl (C=O) groups excluding carboxylic acids is 1. The molecule has 0 saturated heterocycles. The number of carbonyl (C=O) groups is 2. The Kier molecular flexibility index (Phi) is 4.92. The molecule has 0 saturated carbocycles. The zero-order chi connectivity index (χ0) is 14.6. The van der Waals surface area contributed by atoms with Crippen LogP contribution in [0.25, 0.3) is 0 Å². The minimum absolute atomic E-state index is 0.0594. The van der Waals surface area contributed by atoms with E-state index in [-0.39, 0.29) is 17.4 Å². The third kappa shape index (κ3) is 3.71. The van der Waals surface area contributed by atoms with Crippen molar-refractivity contribution in [2.45, 2.75) is 13.8 Å². The summed E-state index contributed by atoms with van der Waals surface area (Å²) in [5.41, 5.74) is 1.77. The van der Waals surface area contributed by atoms with Gasteiger partial charge in [0.15, 0.2) is 0 Å². The van der Waals surface area contributed by atoms with Crippen LogP contribution in [-0.4, -0.2) is 37.6 Å². The normalized spacial score (nSPS) is 11.8. The van der Waals surface area contributed by atoms with Crippen LogP contribution in [0, 0.1) is 12.8 Å². The second-order valence-electron chi connectivity index (χ2n) is 4.72. The van der Waals surface area contributed by atoms with Crippen LogP contribution in [-0.2, 0) is 4.79 Å². The summed E-state index contributed by atoms with van der Waals surface area (Å²) >= 11 is 0. The lowest BCUT2D eigenvalue weighted by molar-refractivity contribution is -0.123. The van der Waals surface area contributed by atoms with Crippen LogP contribution < -0.4 is 10.2 Å². The Morgan fingerprint density at radius 3 is 2.58 bits per heavy atom. The topological polar surface area (TPSA) is 69.6 Å². The lowest BCUT2D eigenvalue weighted by atomic mass is 10.1. The highest BCUT2D eigenvalue weighted by Gasteiger charge is 2.18. The van der Waals surface area contributed by atoms with Gasteiger partial charge in [-0.2, -0.15) is 0 Å². The largest absolute Gasteiger partial charge is 0.478 e. The van der Waals surface area contributed by atoms with Crippen LogP contribution in [0.5, 0.6) is 0 Å². The van der Waals surface area contributed by atoms with Gasteiger partial charge in [-0.3, -0.25) is 4.79 Å². The minimum Gasteiger partial charge on any atom is -0.478 e. The molecule has 1 unspecified atom stereocenters. The maximum Gasteiger partial charge on any atom is 0.337 e. The molecule has 0 radical (unpaired) electrons. The number of rotatable bonds is 5. The van der Waals surface area contributed by atoms with E-state index in [1.807, 2.05) is 19.9 Å². The lowest BCUT2D eigenvalue weighted by Crippen LogP contribution is -2.34. The van der Waals surface area contributed by atoms with Gasteiger partial charge in [-0.1, -0.05) is 18.6 Å². The average Bonchev–Trinajstić information content (AvgIpc) is 2.37. The summed E-state index contributed by atoms with van der Waals surface area (Å²) in [5, 5.41) is 11.8. The smallest absolute Gasteiger partial charge is 0.337 e. The van der Waals surface area contributed by atoms with Crippen LogP contribution in [0.3, 0.4) is 0 Å². The van der Waals surface area contributed by atoms with Crippen molar-refractivity contribution in [2.75, 3.05) is 25.5 Å². The summed E-state index contributed by atoms with van der Waals surface area (Å²) in [6.07, 6.45) is 0. The SMILES string of the molecule is CNC(=O)C(C)CN(C)c1ccc(C)cc1C(=O)O. The average molecular weight is 264 g/mol. The fourth-order valence-corrected chi connectivity index (χ4v) is 1.99. The zero-order valence-electron chi connectivity index (χ0n) is 11.7. The molecule has 0 aliphatic rings. The summed E-state index contributed by atoms with van der Waals surface area (Å²) in [6.45, 7) is 4.12. The molecule has 104 valence electrons. The number of anilines is 1. The highest BCUT2D eigenvalue weighted by Crippen LogP contribution is 2.22.